The highest BCUT2D eigenvalue weighted by molar-refractivity contribution is 4.85. The zero-order chi connectivity index (χ0) is 10.5. The topological polar surface area (TPSA) is 42.7 Å². The van der Waals surface area contributed by atoms with Crippen LogP contribution in [0, 0.1) is 5.92 Å². The summed E-state index contributed by atoms with van der Waals surface area (Å²) in [7, 11) is 0. The van der Waals surface area contributed by atoms with Gasteiger partial charge in [0, 0.05) is 13.0 Å². The van der Waals surface area contributed by atoms with E-state index in [0.717, 1.165) is 24.7 Å². The monoisotopic (exact) mass is 208 g/mol. The van der Waals surface area contributed by atoms with Crippen molar-refractivity contribution < 1.29 is 0 Å². The van der Waals surface area contributed by atoms with Gasteiger partial charge in [-0.2, -0.15) is 5.10 Å². The van der Waals surface area contributed by atoms with Crippen LogP contribution in [-0.4, -0.2) is 27.9 Å². The van der Waals surface area contributed by atoms with Gasteiger partial charge in [0.15, 0.2) is 0 Å². The van der Waals surface area contributed by atoms with Gasteiger partial charge in [0.25, 0.3) is 0 Å². The van der Waals surface area contributed by atoms with Crippen molar-refractivity contribution in [3.8, 4) is 0 Å². The van der Waals surface area contributed by atoms with Crippen LogP contribution in [0.3, 0.4) is 0 Å². The normalized spacial score (nSPS) is 18.2. The zero-order valence-corrected chi connectivity index (χ0v) is 9.45. The Balaban J connectivity index is 1.81. The highest BCUT2D eigenvalue weighted by atomic mass is 15.3. The number of nitrogens with one attached hydrogen (secondary N) is 1. The Morgan fingerprint density at radius 2 is 2.27 bits per heavy atom. The minimum absolute atomic E-state index is 0.883. The zero-order valence-electron chi connectivity index (χ0n) is 9.45. The lowest BCUT2D eigenvalue weighted by Crippen LogP contribution is -2.28. The molecule has 0 radical (unpaired) electrons. The van der Waals surface area contributed by atoms with E-state index in [4.69, 9.17) is 0 Å². The number of hydrogen-bond acceptors (Lipinski definition) is 3. The highest BCUT2D eigenvalue weighted by Crippen LogP contribution is 2.17. The quantitative estimate of drug-likeness (QED) is 0.809. The summed E-state index contributed by atoms with van der Waals surface area (Å²) in [5.41, 5.74) is 0. The Morgan fingerprint density at radius 3 is 3.00 bits per heavy atom. The van der Waals surface area contributed by atoms with Crippen molar-refractivity contribution in [2.24, 2.45) is 5.92 Å². The molecule has 4 nitrogen and oxygen atoms in total. The molecule has 1 saturated heterocycles. The third kappa shape index (κ3) is 2.78. The van der Waals surface area contributed by atoms with Crippen LogP contribution < -0.4 is 5.32 Å². The van der Waals surface area contributed by atoms with E-state index in [1.54, 1.807) is 6.33 Å². The summed E-state index contributed by atoms with van der Waals surface area (Å²) >= 11 is 0. The van der Waals surface area contributed by atoms with Gasteiger partial charge in [-0.25, -0.2) is 4.98 Å². The molecule has 2 heterocycles. The van der Waals surface area contributed by atoms with E-state index in [1.807, 2.05) is 4.68 Å². The summed E-state index contributed by atoms with van der Waals surface area (Å²) in [6.45, 7) is 5.42. The maximum atomic E-state index is 4.31. The second kappa shape index (κ2) is 5.26. The van der Waals surface area contributed by atoms with E-state index in [2.05, 4.69) is 22.3 Å². The van der Waals surface area contributed by atoms with Gasteiger partial charge in [-0.1, -0.05) is 0 Å². The van der Waals surface area contributed by atoms with Gasteiger partial charge >= 0.3 is 0 Å². The molecule has 1 aliphatic heterocycles. The van der Waals surface area contributed by atoms with Gasteiger partial charge in [0.2, 0.25) is 0 Å². The van der Waals surface area contributed by atoms with Crippen molar-refractivity contribution in [1.82, 2.24) is 20.1 Å². The second-order valence-corrected chi connectivity index (χ2v) is 4.22. The molecule has 1 aromatic rings. The Hall–Kier alpha value is -0.900. The van der Waals surface area contributed by atoms with E-state index in [-0.39, 0.29) is 0 Å². The van der Waals surface area contributed by atoms with E-state index in [9.17, 15) is 0 Å². The second-order valence-electron chi connectivity index (χ2n) is 4.22. The van der Waals surface area contributed by atoms with Crippen molar-refractivity contribution in [2.75, 3.05) is 13.1 Å². The fourth-order valence-electron chi connectivity index (χ4n) is 2.25. The molecule has 1 fully saturated rings. The third-order valence-electron chi connectivity index (χ3n) is 3.23. The van der Waals surface area contributed by atoms with E-state index in [0.29, 0.717) is 0 Å². The molecule has 0 bridgehead atoms. The molecule has 0 unspecified atom stereocenters. The first-order chi connectivity index (χ1) is 7.40. The Kier molecular flexibility index (Phi) is 3.72. The van der Waals surface area contributed by atoms with Crippen LogP contribution in [0.15, 0.2) is 6.33 Å². The molecule has 4 heteroatoms. The van der Waals surface area contributed by atoms with Gasteiger partial charge in [0.05, 0.1) is 0 Å². The first-order valence-corrected chi connectivity index (χ1v) is 5.97. The Morgan fingerprint density at radius 1 is 1.47 bits per heavy atom. The predicted octanol–water partition coefficient (Wildman–Crippen LogP) is 1.23. The molecule has 0 atom stereocenters. The molecule has 84 valence electrons. The van der Waals surface area contributed by atoms with Crippen LogP contribution in [0.2, 0.25) is 0 Å². The van der Waals surface area contributed by atoms with Crippen molar-refractivity contribution in [1.29, 1.82) is 0 Å². The lowest BCUT2D eigenvalue weighted by molar-refractivity contribution is 0.350. The number of piperidine rings is 1. The molecule has 15 heavy (non-hydrogen) atoms. The fourth-order valence-corrected chi connectivity index (χ4v) is 2.25. The standard InChI is InChI=1S/C11H20N4/c1-2-15-11(13-9-14-15)4-3-10-5-7-12-8-6-10/h9-10,12H,2-8H2,1H3. The molecule has 1 aromatic heterocycles. The SMILES string of the molecule is CCn1ncnc1CCC1CCNCC1. The van der Waals surface area contributed by atoms with Crippen LogP contribution >= 0.6 is 0 Å². The fraction of sp³-hybridized carbons (Fsp3) is 0.818. The van der Waals surface area contributed by atoms with Gasteiger partial charge in [-0.3, -0.25) is 4.68 Å². The lowest BCUT2D eigenvalue weighted by Gasteiger charge is -2.22. The summed E-state index contributed by atoms with van der Waals surface area (Å²) < 4.78 is 2.00. The molecular weight excluding hydrogens is 188 g/mol. The highest BCUT2D eigenvalue weighted by Gasteiger charge is 2.14. The molecule has 0 aliphatic carbocycles. The van der Waals surface area contributed by atoms with Crippen molar-refractivity contribution >= 4 is 0 Å². The maximum absolute atomic E-state index is 4.31. The van der Waals surface area contributed by atoms with Gasteiger partial charge in [-0.05, 0) is 45.2 Å². The van der Waals surface area contributed by atoms with E-state index in [1.165, 1.54) is 32.4 Å². The Bertz CT molecular complexity index is 289. The lowest BCUT2D eigenvalue weighted by atomic mass is 9.93. The van der Waals surface area contributed by atoms with Crippen molar-refractivity contribution in [3.05, 3.63) is 12.2 Å². The largest absolute Gasteiger partial charge is 0.317 e. The molecule has 2 rings (SSSR count). The first-order valence-electron chi connectivity index (χ1n) is 5.97. The van der Waals surface area contributed by atoms with Crippen molar-refractivity contribution in [2.45, 2.75) is 39.2 Å². The molecule has 0 amide bonds. The summed E-state index contributed by atoms with van der Waals surface area (Å²) in [5, 5.41) is 7.59. The molecule has 0 aromatic carbocycles. The summed E-state index contributed by atoms with van der Waals surface area (Å²) in [4.78, 5) is 4.31. The summed E-state index contributed by atoms with van der Waals surface area (Å²) in [6.07, 6.45) is 6.65. The molecule has 0 spiro atoms. The minimum Gasteiger partial charge on any atom is -0.317 e. The number of aryl methyl sites for hydroxylation is 2. The van der Waals surface area contributed by atoms with Gasteiger partial charge in [-0.15, -0.1) is 0 Å². The van der Waals surface area contributed by atoms with Gasteiger partial charge in [0.1, 0.15) is 12.2 Å². The number of hydrogen-bond donors (Lipinski definition) is 1. The van der Waals surface area contributed by atoms with Crippen LogP contribution in [0.25, 0.3) is 0 Å². The molecule has 1 aliphatic rings. The predicted molar refractivity (Wildman–Crippen MR) is 59.6 cm³/mol. The minimum atomic E-state index is 0.883. The molecular formula is C11H20N4. The van der Waals surface area contributed by atoms with Crippen LogP contribution in [0.5, 0.6) is 0 Å². The number of rotatable bonds is 4. The van der Waals surface area contributed by atoms with Gasteiger partial charge < -0.3 is 5.32 Å². The van der Waals surface area contributed by atoms with Crippen LogP contribution in [0.4, 0.5) is 0 Å². The van der Waals surface area contributed by atoms with Crippen LogP contribution in [0.1, 0.15) is 32.0 Å². The van der Waals surface area contributed by atoms with Crippen LogP contribution in [-0.2, 0) is 13.0 Å². The summed E-state index contributed by atoms with van der Waals surface area (Å²) in [5.74, 6) is 2.03. The molecule has 0 saturated carbocycles. The number of nitrogens with zero attached hydrogens (tertiary/aromatic N) is 3. The smallest absolute Gasteiger partial charge is 0.138 e. The first kappa shape index (κ1) is 10.6. The average molecular weight is 208 g/mol. The Labute approximate surface area is 91.1 Å². The number of aromatic nitrogens is 3. The maximum Gasteiger partial charge on any atom is 0.138 e. The van der Waals surface area contributed by atoms with E-state index < -0.39 is 0 Å². The summed E-state index contributed by atoms with van der Waals surface area (Å²) in [6, 6.07) is 0. The van der Waals surface area contributed by atoms with Crippen molar-refractivity contribution in [3.63, 3.8) is 0 Å². The average Bonchev–Trinajstić information content (AvgIpc) is 2.75. The third-order valence-corrected chi connectivity index (χ3v) is 3.23. The molecule has 1 N–H and O–H groups in total. The van der Waals surface area contributed by atoms with E-state index >= 15 is 0 Å².